The van der Waals surface area contributed by atoms with Gasteiger partial charge in [0.25, 0.3) is 0 Å². The van der Waals surface area contributed by atoms with Crippen LogP contribution >= 0.6 is 23.4 Å². The summed E-state index contributed by atoms with van der Waals surface area (Å²) in [6, 6.07) is 6.99. The second kappa shape index (κ2) is 8.37. The van der Waals surface area contributed by atoms with Gasteiger partial charge < -0.3 is 5.32 Å². The Kier molecular flexibility index (Phi) is 6.76. The van der Waals surface area contributed by atoms with Crippen LogP contribution in [-0.4, -0.2) is 38.4 Å². The number of sulfonamides is 1. The van der Waals surface area contributed by atoms with E-state index in [1.54, 1.807) is 6.07 Å². The average molecular weight is 377 g/mol. The summed E-state index contributed by atoms with van der Waals surface area (Å²) in [6.07, 6.45) is 4.64. The molecule has 1 amide bonds. The molecule has 2 atom stereocenters. The zero-order valence-electron chi connectivity index (χ0n) is 12.9. The Morgan fingerprint density at radius 2 is 1.91 bits per heavy atom. The third kappa shape index (κ3) is 6.33. The van der Waals surface area contributed by atoms with E-state index in [-0.39, 0.29) is 23.7 Å². The molecule has 5 nitrogen and oxygen atoms in total. The van der Waals surface area contributed by atoms with E-state index < -0.39 is 10.0 Å². The van der Waals surface area contributed by atoms with Crippen molar-refractivity contribution in [3.63, 3.8) is 0 Å². The highest BCUT2D eigenvalue weighted by molar-refractivity contribution is 8.00. The Bertz CT molecular complexity index is 652. The standard InChI is InChI=1S/C15H21ClN2O3S2/c1-23(20,21)18-13-8-4-3-7-12(13)17-15(19)10-22-14-9-5-2-6-11(14)16/h2,5-6,9,12-13,18H,3-4,7-8,10H2,1H3,(H,17,19). The summed E-state index contributed by atoms with van der Waals surface area (Å²) < 4.78 is 25.5. The molecule has 0 aliphatic heterocycles. The van der Waals surface area contributed by atoms with Crippen molar-refractivity contribution in [1.82, 2.24) is 10.0 Å². The average Bonchev–Trinajstić information content (AvgIpc) is 2.47. The van der Waals surface area contributed by atoms with Crippen LogP contribution in [0.1, 0.15) is 25.7 Å². The Labute approximate surface area is 146 Å². The molecule has 1 saturated carbocycles. The SMILES string of the molecule is CS(=O)(=O)NC1CCCCC1NC(=O)CSc1ccccc1Cl. The lowest BCUT2D eigenvalue weighted by molar-refractivity contribution is -0.119. The molecule has 2 rings (SSSR count). The normalized spacial score (nSPS) is 21.8. The third-order valence-corrected chi connectivity index (χ3v) is 5.92. The van der Waals surface area contributed by atoms with E-state index in [2.05, 4.69) is 10.0 Å². The van der Waals surface area contributed by atoms with Crippen LogP contribution in [0.25, 0.3) is 0 Å². The van der Waals surface area contributed by atoms with Crippen LogP contribution in [0.4, 0.5) is 0 Å². The van der Waals surface area contributed by atoms with E-state index in [0.29, 0.717) is 5.02 Å². The van der Waals surface area contributed by atoms with Crippen molar-refractivity contribution in [2.45, 2.75) is 42.7 Å². The predicted octanol–water partition coefficient (Wildman–Crippen LogP) is 2.41. The van der Waals surface area contributed by atoms with E-state index in [1.165, 1.54) is 11.8 Å². The first-order valence-electron chi connectivity index (χ1n) is 7.49. The number of thioether (sulfide) groups is 1. The quantitative estimate of drug-likeness (QED) is 0.747. The smallest absolute Gasteiger partial charge is 0.230 e. The number of halogens is 1. The van der Waals surface area contributed by atoms with Crippen LogP contribution in [0.5, 0.6) is 0 Å². The van der Waals surface area contributed by atoms with Crippen LogP contribution in [0.2, 0.25) is 5.02 Å². The topological polar surface area (TPSA) is 75.3 Å². The lowest BCUT2D eigenvalue weighted by Crippen LogP contribution is -2.53. The first-order valence-corrected chi connectivity index (χ1v) is 10.7. The van der Waals surface area contributed by atoms with Gasteiger partial charge in [-0.25, -0.2) is 13.1 Å². The maximum Gasteiger partial charge on any atom is 0.230 e. The first kappa shape index (κ1) is 18.6. The van der Waals surface area contributed by atoms with Gasteiger partial charge in [-0.3, -0.25) is 4.79 Å². The van der Waals surface area contributed by atoms with Crippen molar-refractivity contribution >= 4 is 39.3 Å². The number of hydrogen-bond donors (Lipinski definition) is 2. The minimum atomic E-state index is -3.28. The van der Waals surface area contributed by atoms with Crippen molar-refractivity contribution in [2.75, 3.05) is 12.0 Å². The largest absolute Gasteiger partial charge is 0.351 e. The number of rotatable bonds is 6. The molecule has 128 valence electrons. The lowest BCUT2D eigenvalue weighted by Gasteiger charge is -2.32. The molecule has 0 aromatic heterocycles. The van der Waals surface area contributed by atoms with Gasteiger partial charge in [-0.05, 0) is 25.0 Å². The minimum absolute atomic E-state index is 0.109. The molecule has 1 aromatic rings. The fourth-order valence-electron chi connectivity index (χ4n) is 2.67. The summed E-state index contributed by atoms with van der Waals surface area (Å²) in [5.41, 5.74) is 0. The van der Waals surface area contributed by atoms with Gasteiger partial charge >= 0.3 is 0 Å². The van der Waals surface area contributed by atoms with Gasteiger partial charge in [0.1, 0.15) is 0 Å². The fraction of sp³-hybridized carbons (Fsp3) is 0.533. The van der Waals surface area contributed by atoms with Gasteiger partial charge in [0.05, 0.1) is 17.0 Å². The molecule has 1 fully saturated rings. The van der Waals surface area contributed by atoms with Crippen LogP contribution < -0.4 is 10.0 Å². The fourth-order valence-corrected chi connectivity index (χ4v) is 4.56. The highest BCUT2D eigenvalue weighted by atomic mass is 35.5. The van der Waals surface area contributed by atoms with Gasteiger partial charge in [-0.2, -0.15) is 0 Å². The van der Waals surface area contributed by atoms with E-state index in [0.717, 1.165) is 36.8 Å². The maximum atomic E-state index is 12.2. The van der Waals surface area contributed by atoms with Crippen LogP contribution in [0.15, 0.2) is 29.2 Å². The molecule has 2 unspecified atom stereocenters. The van der Waals surface area contributed by atoms with Crippen molar-refractivity contribution in [2.24, 2.45) is 0 Å². The Morgan fingerprint density at radius 1 is 1.26 bits per heavy atom. The zero-order valence-corrected chi connectivity index (χ0v) is 15.3. The van der Waals surface area contributed by atoms with Crippen molar-refractivity contribution < 1.29 is 13.2 Å². The minimum Gasteiger partial charge on any atom is -0.351 e. The maximum absolute atomic E-state index is 12.2. The molecule has 1 aromatic carbocycles. The third-order valence-electron chi connectivity index (χ3n) is 3.67. The Balaban J connectivity index is 1.88. The first-order chi connectivity index (χ1) is 10.8. The molecule has 0 heterocycles. The van der Waals surface area contributed by atoms with E-state index in [1.807, 2.05) is 18.2 Å². The van der Waals surface area contributed by atoms with Crippen LogP contribution in [0.3, 0.4) is 0 Å². The Hall–Kier alpha value is -0.760. The summed E-state index contributed by atoms with van der Waals surface area (Å²) in [7, 11) is -3.28. The molecule has 1 aliphatic rings. The number of amides is 1. The molecule has 0 bridgehead atoms. The van der Waals surface area contributed by atoms with Crippen LogP contribution in [-0.2, 0) is 14.8 Å². The lowest BCUT2D eigenvalue weighted by atomic mass is 9.91. The molecular formula is C15H21ClN2O3S2. The van der Waals surface area contributed by atoms with Crippen LogP contribution in [0, 0.1) is 0 Å². The molecule has 1 aliphatic carbocycles. The molecule has 2 N–H and O–H groups in total. The number of nitrogens with one attached hydrogen (secondary N) is 2. The summed E-state index contributed by atoms with van der Waals surface area (Å²) >= 11 is 7.44. The van der Waals surface area contributed by atoms with Gasteiger partial charge in [-0.15, -0.1) is 11.8 Å². The molecule has 23 heavy (non-hydrogen) atoms. The molecular weight excluding hydrogens is 356 g/mol. The summed E-state index contributed by atoms with van der Waals surface area (Å²) in [5, 5.41) is 3.58. The van der Waals surface area contributed by atoms with E-state index in [4.69, 9.17) is 11.6 Å². The van der Waals surface area contributed by atoms with E-state index in [9.17, 15) is 13.2 Å². The second-order valence-corrected chi connectivity index (χ2v) is 8.88. The van der Waals surface area contributed by atoms with E-state index >= 15 is 0 Å². The number of carbonyl (C=O) groups excluding carboxylic acids is 1. The monoisotopic (exact) mass is 376 g/mol. The van der Waals surface area contributed by atoms with Gasteiger partial charge in [0, 0.05) is 17.0 Å². The molecule has 0 radical (unpaired) electrons. The number of benzene rings is 1. The number of hydrogen-bond acceptors (Lipinski definition) is 4. The summed E-state index contributed by atoms with van der Waals surface area (Å²) in [5.74, 6) is 0.147. The number of carbonyl (C=O) groups is 1. The zero-order chi connectivity index (χ0) is 16.9. The molecule has 8 heteroatoms. The summed E-state index contributed by atoms with van der Waals surface area (Å²) in [6.45, 7) is 0. The van der Waals surface area contributed by atoms with Gasteiger partial charge in [-0.1, -0.05) is 36.6 Å². The second-order valence-electron chi connectivity index (χ2n) is 5.67. The van der Waals surface area contributed by atoms with Gasteiger partial charge in [0.2, 0.25) is 15.9 Å². The van der Waals surface area contributed by atoms with Crippen molar-refractivity contribution in [1.29, 1.82) is 0 Å². The Morgan fingerprint density at radius 3 is 2.57 bits per heavy atom. The van der Waals surface area contributed by atoms with Crippen molar-refractivity contribution in [3.05, 3.63) is 29.3 Å². The van der Waals surface area contributed by atoms with Gasteiger partial charge in [0.15, 0.2) is 0 Å². The highest BCUT2D eigenvalue weighted by Gasteiger charge is 2.28. The summed E-state index contributed by atoms with van der Waals surface area (Å²) in [4.78, 5) is 13.0. The molecule has 0 saturated heterocycles. The highest BCUT2D eigenvalue weighted by Crippen LogP contribution is 2.26. The molecule has 0 spiro atoms. The predicted molar refractivity (Wildman–Crippen MR) is 94.3 cm³/mol. The van der Waals surface area contributed by atoms with Crippen molar-refractivity contribution in [3.8, 4) is 0 Å².